The van der Waals surface area contributed by atoms with Crippen LogP contribution in [-0.2, 0) is 30.6 Å². The molecule has 2 aromatic rings. The number of ether oxygens (including phenoxy) is 1. The Kier molecular flexibility index (Phi) is 4.00. The van der Waals surface area contributed by atoms with Crippen molar-refractivity contribution in [3.8, 4) is 5.75 Å². The minimum atomic E-state index is -1.30. The molecular weight excluding hydrogens is 314 g/mol. The lowest BCUT2D eigenvalue weighted by atomic mass is 9.98. The van der Waals surface area contributed by atoms with Gasteiger partial charge in [-0.3, -0.25) is 4.79 Å². The predicted molar refractivity (Wildman–Crippen MR) is 95.5 cm³/mol. The number of nitrogens with zero attached hydrogens (tertiary/aromatic N) is 1. The summed E-state index contributed by atoms with van der Waals surface area (Å²) in [4.78, 5) is 15.0. The fourth-order valence-corrected chi connectivity index (χ4v) is 4.08. The maximum atomic E-state index is 13.1. The molecule has 25 heavy (non-hydrogen) atoms. The van der Waals surface area contributed by atoms with E-state index in [1.165, 1.54) is 5.56 Å². The summed E-state index contributed by atoms with van der Waals surface area (Å²) in [6, 6.07) is 14.0. The SMILES string of the molecule is COc1ccc2c(c1)CCCN(C(=O)C1(O)Cc3ccccc3C1)C2. The minimum absolute atomic E-state index is 0.146. The molecule has 0 spiro atoms. The fourth-order valence-electron chi connectivity index (χ4n) is 4.08. The lowest BCUT2D eigenvalue weighted by molar-refractivity contribution is -0.151. The number of amides is 1. The summed E-state index contributed by atoms with van der Waals surface area (Å²) in [5, 5.41) is 11.0. The van der Waals surface area contributed by atoms with Gasteiger partial charge in [0, 0.05) is 25.9 Å². The smallest absolute Gasteiger partial charge is 0.255 e. The Bertz CT molecular complexity index is 790. The molecule has 1 aliphatic heterocycles. The highest BCUT2D eigenvalue weighted by Crippen LogP contribution is 2.33. The molecule has 1 N–H and O–H groups in total. The standard InChI is InChI=1S/C21H23NO3/c1-25-19-9-8-18-14-22(10-4-7-15(18)11-19)20(23)21(24)12-16-5-2-3-6-17(16)13-21/h2-3,5-6,8-9,11,24H,4,7,10,12-14H2,1H3. The molecule has 0 saturated carbocycles. The van der Waals surface area contributed by atoms with Crippen molar-refractivity contribution in [3.05, 3.63) is 64.7 Å². The van der Waals surface area contributed by atoms with Gasteiger partial charge in [0.15, 0.2) is 5.60 Å². The first-order chi connectivity index (χ1) is 12.1. The number of rotatable bonds is 2. The molecule has 0 bridgehead atoms. The van der Waals surface area contributed by atoms with Crippen LogP contribution in [0.1, 0.15) is 28.7 Å². The van der Waals surface area contributed by atoms with Crippen molar-refractivity contribution in [3.63, 3.8) is 0 Å². The third kappa shape index (κ3) is 2.91. The normalized spacial score (nSPS) is 18.2. The largest absolute Gasteiger partial charge is 0.497 e. The highest BCUT2D eigenvalue weighted by Gasteiger charge is 2.44. The Morgan fingerprint density at radius 3 is 2.48 bits per heavy atom. The van der Waals surface area contributed by atoms with Gasteiger partial charge in [-0.05, 0) is 47.2 Å². The molecule has 4 heteroatoms. The molecule has 2 aromatic carbocycles. The van der Waals surface area contributed by atoms with E-state index in [0.29, 0.717) is 25.9 Å². The number of methoxy groups -OCH3 is 1. The Morgan fingerprint density at radius 1 is 1.08 bits per heavy atom. The number of fused-ring (bicyclic) bond motifs is 2. The molecule has 1 aliphatic carbocycles. The molecule has 2 aliphatic rings. The summed E-state index contributed by atoms with van der Waals surface area (Å²) < 4.78 is 5.31. The van der Waals surface area contributed by atoms with E-state index in [4.69, 9.17) is 4.74 Å². The molecule has 1 heterocycles. The van der Waals surface area contributed by atoms with Crippen LogP contribution in [0, 0.1) is 0 Å². The van der Waals surface area contributed by atoms with Crippen molar-refractivity contribution in [2.24, 2.45) is 0 Å². The third-order valence-electron chi connectivity index (χ3n) is 5.42. The lowest BCUT2D eigenvalue weighted by Crippen LogP contribution is -2.49. The molecule has 1 amide bonds. The summed E-state index contributed by atoms with van der Waals surface area (Å²) in [7, 11) is 1.67. The number of benzene rings is 2. The zero-order valence-electron chi connectivity index (χ0n) is 14.5. The fraction of sp³-hybridized carbons (Fsp3) is 0.381. The van der Waals surface area contributed by atoms with E-state index in [1.807, 2.05) is 41.3 Å². The third-order valence-corrected chi connectivity index (χ3v) is 5.42. The van der Waals surface area contributed by atoms with Crippen LogP contribution in [-0.4, -0.2) is 35.2 Å². The Labute approximate surface area is 148 Å². The van der Waals surface area contributed by atoms with Crippen molar-refractivity contribution in [2.45, 2.75) is 37.8 Å². The topological polar surface area (TPSA) is 49.8 Å². The van der Waals surface area contributed by atoms with Crippen molar-refractivity contribution >= 4 is 5.91 Å². The van der Waals surface area contributed by atoms with Crippen LogP contribution in [0.2, 0.25) is 0 Å². The number of hydrogen-bond donors (Lipinski definition) is 1. The van der Waals surface area contributed by atoms with Crippen LogP contribution >= 0.6 is 0 Å². The van der Waals surface area contributed by atoms with E-state index >= 15 is 0 Å². The van der Waals surface area contributed by atoms with Gasteiger partial charge >= 0.3 is 0 Å². The van der Waals surface area contributed by atoms with E-state index in [0.717, 1.165) is 35.3 Å². The van der Waals surface area contributed by atoms with Crippen molar-refractivity contribution in [1.29, 1.82) is 0 Å². The summed E-state index contributed by atoms with van der Waals surface area (Å²) in [5.74, 6) is 0.704. The van der Waals surface area contributed by atoms with Gasteiger partial charge in [0.25, 0.3) is 5.91 Å². The zero-order chi connectivity index (χ0) is 17.4. The summed E-state index contributed by atoms with van der Waals surface area (Å²) in [6.45, 7) is 1.23. The molecule has 4 rings (SSSR count). The summed E-state index contributed by atoms with van der Waals surface area (Å²) in [5.41, 5.74) is 3.24. The van der Waals surface area contributed by atoms with Crippen LogP contribution in [0.25, 0.3) is 0 Å². The van der Waals surface area contributed by atoms with Crippen LogP contribution in [0.5, 0.6) is 5.75 Å². The van der Waals surface area contributed by atoms with Crippen LogP contribution in [0.15, 0.2) is 42.5 Å². The molecule has 0 atom stereocenters. The average molecular weight is 337 g/mol. The van der Waals surface area contributed by atoms with E-state index in [2.05, 4.69) is 6.07 Å². The molecule has 0 aromatic heterocycles. The van der Waals surface area contributed by atoms with Gasteiger partial charge in [-0.25, -0.2) is 0 Å². The molecule has 0 radical (unpaired) electrons. The molecule has 4 nitrogen and oxygen atoms in total. The quantitative estimate of drug-likeness (QED) is 0.916. The molecular formula is C21H23NO3. The van der Waals surface area contributed by atoms with Gasteiger partial charge in [-0.2, -0.15) is 0 Å². The maximum absolute atomic E-state index is 13.1. The monoisotopic (exact) mass is 337 g/mol. The lowest BCUT2D eigenvalue weighted by Gasteiger charge is -2.30. The first-order valence-corrected chi connectivity index (χ1v) is 8.83. The second-order valence-corrected chi connectivity index (χ2v) is 7.12. The predicted octanol–water partition coefficient (Wildman–Crippen LogP) is 2.50. The Hall–Kier alpha value is -2.33. The van der Waals surface area contributed by atoms with E-state index in [1.54, 1.807) is 7.11 Å². The number of hydrogen-bond acceptors (Lipinski definition) is 3. The molecule has 0 saturated heterocycles. The second-order valence-electron chi connectivity index (χ2n) is 7.12. The number of aryl methyl sites for hydroxylation is 1. The Morgan fingerprint density at radius 2 is 1.80 bits per heavy atom. The molecule has 0 unspecified atom stereocenters. The molecule has 130 valence electrons. The minimum Gasteiger partial charge on any atom is -0.497 e. The first-order valence-electron chi connectivity index (χ1n) is 8.83. The summed E-state index contributed by atoms with van der Waals surface area (Å²) in [6.07, 6.45) is 2.64. The van der Waals surface area contributed by atoms with Crippen LogP contribution in [0.3, 0.4) is 0 Å². The average Bonchev–Trinajstić information content (AvgIpc) is 2.84. The van der Waals surface area contributed by atoms with E-state index < -0.39 is 5.60 Å². The highest BCUT2D eigenvalue weighted by molar-refractivity contribution is 5.87. The highest BCUT2D eigenvalue weighted by atomic mass is 16.5. The number of carbonyl (C=O) groups excluding carboxylic acids is 1. The van der Waals surface area contributed by atoms with Gasteiger partial charge < -0.3 is 14.7 Å². The van der Waals surface area contributed by atoms with Gasteiger partial charge in [0.1, 0.15) is 5.75 Å². The van der Waals surface area contributed by atoms with E-state index in [-0.39, 0.29) is 5.91 Å². The first kappa shape index (κ1) is 16.2. The van der Waals surface area contributed by atoms with Gasteiger partial charge in [-0.15, -0.1) is 0 Å². The Balaban J connectivity index is 1.56. The van der Waals surface area contributed by atoms with Crippen molar-refractivity contribution in [2.75, 3.05) is 13.7 Å². The molecule has 0 fully saturated rings. The second kappa shape index (κ2) is 6.19. The number of carbonyl (C=O) groups is 1. The van der Waals surface area contributed by atoms with Crippen LogP contribution in [0.4, 0.5) is 0 Å². The van der Waals surface area contributed by atoms with Gasteiger partial charge in [-0.1, -0.05) is 30.3 Å². The maximum Gasteiger partial charge on any atom is 0.255 e. The van der Waals surface area contributed by atoms with Crippen molar-refractivity contribution in [1.82, 2.24) is 4.90 Å². The van der Waals surface area contributed by atoms with Crippen LogP contribution < -0.4 is 4.74 Å². The summed E-state index contributed by atoms with van der Waals surface area (Å²) >= 11 is 0. The van der Waals surface area contributed by atoms with Gasteiger partial charge in [0.05, 0.1) is 7.11 Å². The van der Waals surface area contributed by atoms with Crippen molar-refractivity contribution < 1.29 is 14.6 Å². The van der Waals surface area contributed by atoms with E-state index in [9.17, 15) is 9.90 Å². The number of aliphatic hydroxyl groups is 1. The van der Waals surface area contributed by atoms with Gasteiger partial charge in [0.2, 0.25) is 0 Å². The zero-order valence-corrected chi connectivity index (χ0v) is 14.5.